The van der Waals surface area contributed by atoms with Crippen LogP contribution in [0.5, 0.6) is 0 Å². The zero-order valence-corrected chi connectivity index (χ0v) is 13.1. The van der Waals surface area contributed by atoms with Gasteiger partial charge in [0.05, 0.1) is 27.6 Å². The first kappa shape index (κ1) is 15.2. The first-order valence-corrected chi connectivity index (χ1v) is 8.31. The van der Waals surface area contributed by atoms with Gasteiger partial charge in [0.1, 0.15) is 0 Å². The molecule has 3 N–H and O–H groups in total. The number of hydrogen-bond acceptors (Lipinski definition) is 5. The summed E-state index contributed by atoms with van der Waals surface area (Å²) in [6, 6.07) is 12.5. The van der Waals surface area contributed by atoms with Gasteiger partial charge in [-0.3, -0.25) is 0 Å². The fourth-order valence-electron chi connectivity index (χ4n) is 2.00. The van der Waals surface area contributed by atoms with Crippen LogP contribution in [0.1, 0.15) is 0 Å². The lowest BCUT2D eigenvalue weighted by Gasteiger charge is -2.19. The predicted octanol–water partition coefficient (Wildman–Crippen LogP) is 2.48. The van der Waals surface area contributed by atoms with E-state index in [2.05, 4.69) is 5.32 Å². The van der Waals surface area contributed by atoms with Gasteiger partial charge in [-0.05, 0) is 30.3 Å². The van der Waals surface area contributed by atoms with Gasteiger partial charge in [-0.2, -0.15) is 0 Å². The molecule has 0 saturated heterocycles. The van der Waals surface area contributed by atoms with Crippen molar-refractivity contribution in [1.82, 2.24) is 0 Å². The second-order valence-corrected chi connectivity index (χ2v) is 7.07. The summed E-state index contributed by atoms with van der Waals surface area (Å²) in [6.07, 6.45) is 1.16. The molecule has 0 aliphatic carbocycles. The average Bonchev–Trinajstić information content (AvgIpc) is 2.40. The highest BCUT2D eigenvalue weighted by Gasteiger charge is 2.11. The summed E-state index contributed by atoms with van der Waals surface area (Å²) in [5.74, 6) is 0. The van der Waals surface area contributed by atoms with Crippen LogP contribution in [-0.2, 0) is 9.84 Å². The van der Waals surface area contributed by atoms with Gasteiger partial charge in [-0.15, -0.1) is 0 Å². The summed E-state index contributed by atoms with van der Waals surface area (Å²) in [5.41, 5.74) is 8.95. The van der Waals surface area contributed by atoms with Crippen molar-refractivity contribution in [2.45, 2.75) is 4.90 Å². The lowest BCUT2D eigenvalue weighted by molar-refractivity contribution is 0.602. The van der Waals surface area contributed by atoms with Crippen molar-refractivity contribution in [2.24, 2.45) is 0 Å². The van der Waals surface area contributed by atoms with Crippen molar-refractivity contribution in [1.29, 1.82) is 0 Å². The summed E-state index contributed by atoms with van der Waals surface area (Å²) >= 11 is 0. The molecule has 0 amide bonds. The van der Waals surface area contributed by atoms with Gasteiger partial charge in [-0.1, -0.05) is 12.1 Å². The van der Waals surface area contributed by atoms with Gasteiger partial charge >= 0.3 is 0 Å². The molecule has 0 atom stereocenters. The number of nitrogens with one attached hydrogen (secondary N) is 1. The van der Waals surface area contributed by atoms with Crippen molar-refractivity contribution in [3.63, 3.8) is 0 Å². The highest BCUT2D eigenvalue weighted by molar-refractivity contribution is 7.90. The third-order valence-corrected chi connectivity index (χ3v) is 4.22. The van der Waals surface area contributed by atoms with E-state index < -0.39 is 9.84 Å². The minimum absolute atomic E-state index is 0.214. The maximum absolute atomic E-state index is 11.5. The molecule has 2 aromatic carbocycles. The molecular weight excluding hydrogens is 286 g/mol. The predicted molar refractivity (Wildman–Crippen MR) is 88.0 cm³/mol. The van der Waals surface area contributed by atoms with Crippen LogP contribution in [0.15, 0.2) is 47.4 Å². The minimum Gasteiger partial charge on any atom is -0.397 e. The first-order chi connectivity index (χ1) is 9.79. The van der Waals surface area contributed by atoms with Crippen LogP contribution >= 0.6 is 0 Å². The number of anilines is 4. The molecule has 0 fully saturated rings. The van der Waals surface area contributed by atoms with E-state index in [1.807, 2.05) is 43.3 Å². The van der Waals surface area contributed by atoms with Crippen molar-refractivity contribution in [3.8, 4) is 0 Å². The van der Waals surface area contributed by atoms with Crippen molar-refractivity contribution >= 4 is 32.6 Å². The maximum Gasteiger partial charge on any atom is 0.175 e. The number of nitrogens with two attached hydrogens (primary N) is 1. The van der Waals surface area contributed by atoms with Crippen LogP contribution < -0.4 is 16.0 Å². The summed E-state index contributed by atoms with van der Waals surface area (Å²) in [5, 5.41) is 3.24. The Bertz CT molecular complexity index is 755. The number of hydrogen-bond donors (Lipinski definition) is 2. The zero-order valence-electron chi connectivity index (χ0n) is 12.3. The summed E-state index contributed by atoms with van der Waals surface area (Å²) in [6.45, 7) is 0. The Morgan fingerprint density at radius 2 is 1.71 bits per heavy atom. The molecule has 0 radical (unpaired) electrons. The molecule has 21 heavy (non-hydrogen) atoms. The van der Waals surface area contributed by atoms with Crippen LogP contribution in [0.25, 0.3) is 0 Å². The molecule has 0 aromatic heterocycles. The quantitative estimate of drug-likeness (QED) is 0.849. The maximum atomic E-state index is 11.5. The second kappa shape index (κ2) is 5.65. The third kappa shape index (κ3) is 3.46. The SMILES string of the molecule is CN(C)c1ccccc1Nc1ccc(S(C)(=O)=O)cc1N. The first-order valence-electron chi connectivity index (χ1n) is 6.42. The van der Waals surface area contributed by atoms with Crippen molar-refractivity contribution in [2.75, 3.05) is 36.3 Å². The smallest absolute Gasteiger partial charge is 0.175 e. The highest BCUT2D eigenvalue weighted by atomic mass is 32.2. The zero-order chi connectivity index (χ0) is 15.6. The molecule has 0 bridgehead atoms. The van der Waals surface area contributed by atoms with Crippen LogP contribution in [0.2, 0.25) is 0 Å². The fraction of sp³-hybridized carbons (Fsp3) is 0.200. The van der Waals surface area contributed by atoms with Gasteiger partial charge in [0.25, 0.3) is 0 Å². The van der Waals surface area contributed by atoms with Gasteiger partial charge in [0.15, 0.2) is 9.84 Å². The lowest BCUT2D eigenvalue weighted by atomic mass is 10.2. The second-order valence-electron chi connectivity index (χ2n) is 5.06. The van der Waals surface area contributed by atoms with E-state index in [1.165, 1.54) is 6.07 Å². The summed E-state index contributed by atoms with van der Waals surface area (Å²) in [7, 11) is 0.657. The summed E-state index contributed by atoms with van der Waals surface area (Å²) in [4.78, 5) is 2.20. The van der Waals surface area contributed by atoms with Gasteiger partial charge in [0.2, 0.25) is 0 Å². The van der Waals surface area contributed by atoms with E-state index in [0.717, 1.165) is 17.6 Å². The molecule has 112 valence electrons. The number of sulfone groups is 1. The van der Waals surface area contributed by atoms with Crippen molar-refractivity contribution in [3.05, 3.63) is 42.5 Å². The van der Waals surface area contributed by atoms with Crippen LogP contribution in [0.4, 0.5) is 22.7 Å². The number of rotatable bonds is 4. The van der Waals surface area contributed by atoms with Crippen molar-refractivity contribution < 1.29 is 8.42 Å². The van der Waals surface area contributed by atoms with E-state index in [9.17, 15) is 8.42 Å². The van der Waals surface area contributed by atoms with Gasteiger partial charge in [-0.25, -0.2) is 8.42 Å². The van der Waals surface area contributed by atoms with Crippen LogP contribution in [0, 0.1) is 0 Å². The Morgan fingerprint density at radius 3 is 2.29 bits per heavy atom. The molecule has 0 saturated carbocycles. The normalized spacial score (nSPS) is 11.2. The standard InChI is InChI=1S/C15H19N3O2S/c1-18(2)15-7-5-4-6-14(15)17-13-9-8-11(10-12(13)16)21(3,19)20/h4-10,17H,16H2,1-3H3. The monoisotopic (exact) mass is 305 g/mol. The van der Waals surface area contributed by atoms with E-state index in [0.29, 0.717) is 11.4 Å². The number of nitrogens with zero attached hydrogens (tertiary/aromatic N) is 1. The summed E-state index contributed by atoms with van der Waals surface area (Å²) < 4.78 is 23.0. The Balaban J connectivity index is 2.37. The van der Waals surface area contributed by atoms with Gasteiger partial charge in [0, 0.05) is 20.4 Å². The third-order valence-electron chi connectivity index (χ3n) is 3.11. The Labute approximate surface area is 125 Å². The molecule has 0 aliphatic rings. The molecule has 0 aliphatic heterocycles. The topological polar surface area (TPSA) is 75.4 Å². The minimum atomic E-state index is -3.25. The number of benzene rings is 2. The average molecular weight is 305 g/mol. The van der Waals surface area contributed by atoms with E-state index in [4.69, 9.17) is 5.73 Å². The van der Waals surface area contributed by atoms with E-state index >= 15 is 0 Å². The largest absolute Gasteiger partial charge is 0.397 e. The molecule has 0 heterocycles. The lowest BCUT2D eigenvalue weighted by Crippen LogP contribution is -2.11. The Hall–Kier alpha value is -2.21. The number of nitrogen functional groups attached to an aromatic ring is 1. The molecule has 6 heteroatoms. The van der Waals surface area contributed by atoms with Crippen LogP contribution in [-0.4, -0.2) is 28.8 Å². The molecule has 5 nitrogen and oxygen atoms in total. The Morgan fingerprint density at radius 1 is 1.05 bits per heavy atom. The van der Waals surface area contributed by atoms with E-state index in [-0.39, 0.29) is 4.90 Å². The molecule has 2 aromatic rings. The van der Waals surface area contributed by atoms with E-state index in [1.54, 1.807) is 12.1 Å². The Kier molecular flexibility index (Phi) is 4.09. The fourth-order valence-corrected chi connectivity index (χ4v) is 2.66. The molecule has 2 rings (SSSR count). The van der Waals surface area contributed by atoms with Gasteiger partial charge < -0.3 is 16.0 Å². The molecular formula is C15H19N3O2S. The van der Waals surface area contributed by atoms with Crippen LogP contribution in [0.3, 0.4) is 0 Å². The number of para-hydroxylation sites is 2. The molecule has 0 spiro atoms. The molecule has 0 unspecified atom stereocenters. The highest BCUT2D eigenvalue weighted by Crippen LogP contribution is 2.30.